The third kappa shape index (κ3) is 3.13. The van der Waals surface area contributed by atoms with Crippen LogP contribution in [0.25, 0.3) is 0 Å². The topological polar surface area (TPSA) is 58.2 Å². The van der Waals surface area contributed by atoms with Gasteiger partial charge in [0.15, 0.2) is 0 Å². The number of carbonyl (C=O) groups excluding carboxylic acids is 2. The lowest BCUT2D eigenvalue weighted by Gasteiger charge is -2.16. The molecule has 0 heterocycles. The lowest BCUT2D eigenvalue weighted by atomic mass is 10.0. The van der Waals surface area contributed by atoms with Crippen LogP contribution in [-0.4, -0.2) is 11.8 Å². The molecule has 2 aromatic carbocycles. The molecule has 0 saturated heterocycles. The molecule has 2 aromatic rings. The predicted molar refractivity (Wildman–Crippen MR) is 86.5 cm³/mol. The van der Waals surface area contributed by atoms with Crippen LogP contribution in [0.1, 0.15) is 18.4 Å². The maximum absolute atomic E-state index is 13.9. The number of halogens is 2. The first kappa shape index (κ1) is 16.1. The molecule has 2 N–H and O–H groups in total. The number of anilines is 2. The number of nitrogens with one attached hydrogen (secondary N) is 2. The highest BCUT2D eigenvalue weighted by Crippen LogP contribution is 2.47. The summed E-state index contributed by atoms with van der Waals surface area (Å²) in [6.07, 6.45) is 0.776. The maximum atomic E-state index is 13.9. The largest absolute Gasteiger partial charge is 0.325 e. The summed E-state index contributed by atoms with van der Waals surface area (Å²) in [7, 11) is 0. The summed E-state index contributed by atoms with van der Waals surface area (Å²) in [4.78, 5) is 24.8. The zero-order chi connectivity index (χ0) is 17.3. The molecule has 2 amide bonds. The minimum Gasteiger partial charge on any atom is -0.325 e. The van der Waals surface area contributed by atoms with Gasteiger partial charge >= 0.3 is 0 Å². The van der Waals surface area contributed by atoms with Crippen LogP contribution in [-0.2, 0) is 9.59 Å². The lowest BCUT2D eigenvalue weighted by Crippen LogP contribution is -2.35. The van der Waals surface area contributed by atoms with Crippen LogP contribution in [0.15, 0.2) is 42.5 Å². The highest BCUT2D eigenvalue weighted by Gasteiger charge is 2.56. The summed E-state index contributed by atoms with van der Waals surface area (Å²) < 4.78 is 26.7. The second-order valence-corrected chi connectivity index (χ2v) is 5.98. The van der Waals surface area contributed by atoms with Crippen LogP contribution >= 0.6 is 0 Å². The van der Waals surface area contributed by atoms with Gasteiger partial charge in [-0.3, -0.25) is 9.59 Å². The highest BCUT2D eigenvalue weighted by atomic mass is 19.1. The lowest BCUT2D eigenvalue weighted by molar-refractivity contribution is -0.131. The summed E-state index contributed by atoms with van der Waals surface area (Å²) in [6.45, 7) is 1.74. The fourth-order valence-corrected chi connectivity index (χ4v) is 2.43. The molecule has 24 heavy (non-hydrogen) atoms. The molecule has 1 aliphatic rings. The number of benzene rings is 2. The summed E-state index contributed by atoms with van der Waals surface area (Å²) in [5.41, 5.74) is -0.0137. The summed E-state index contributed by atoms with van der Waals surface area (Å²) >= 11 is 0. The Labute approximate surface area is 137 Å². The Bertz CT molecular complexity index is 799. The first-order chi connectivity index (χ1) is 11.4. The molecular weight excluding hydrogens is 314 g/mol. The number of carbonyl (C=O) groups is 2. The average molecular weight is 330 g/mol. The number of amides is 2. The van der Waals surface area contributed by atoms with Crippen LogP contribution in [0.4, 0.5) is 20.2 Å². The zero-order valence-electron chi connectivity index (χ0n) is 13.0. The van der Waals surface area contributed by atoms with E-state index in [1.807, 2.05) is 0 Å². The molecule has 0 bridgehead atoms. The minimum atomic E-state index is -1.20. The number of hydrogen-bond donors (Lipinski definition) is 2. The Kier molecular flexibility index (Phi) is 4.05. The zero-order valence-corrected chi connectivity index (χ0v) is 13.0. The van der Waals surface area contributed by atoms with Crippen molar-refractivity contribution >= 4 is 23.2 Å². The van der Waals surface area contributed by atoms with Gasteiger partial charge in [-0.25, -0.2) is 8.78 Å². The van der Waals surface area contributed by atoms with E-state index in [4.69, 9.17) is 0 Å². The van der Waals surface area contributed by atoms with E-state index < -0.39 is 28.9 Å². The van der Waals surface area contributed by atoms with Gasteiger partial charge < -0.3 is 10.6 Å². The Morgan fingerprint density at radius 3 is 2.17 bits per heavy atom. The molecule has 0 atom stereocenters. The van der Waals surface area contributed by atoms with E-state index >= 15 is 0 Å². The van der Waals surface area contributed by atoms with Crippen molar-refractivity contribution in [1.29, 1.82) is 0 Å². The van der Waals surface area contributed by atoms with Gasteiger partial charge in [0, 0.05) is 5.69 Å². The van der Waals surface area contributed by atoms with Gasteiger partial charge in [-0.05, 0) is 61.7 Å². The van der Waals surface area contributed by atoms with Crippen molar-refractivity contribution in [3.05, 3.63) is 59.7 Å². The van der Waals surface area contributed by atoms with Crippen molar-refractivity contribution < 1.29 is 18.4 Å². The third-order valence-corrected chi connectivity index (χ3v) is 4.09. The highest BCUT2D eigenvalue weighted by molar-refractivity contribution is 6.16. The van der Waals surface area contributed by atoms with Crippen LogP contribution in [0.5, 0.6) is 0 Å². The molecule has 0 spiro atoms. The fraction of sp³-hybridized carbons (Fsp3) is 0.222. The monoisotopic (exact) mass is 330 g/mol. The molecule has 4 nitrogen and oxygen atoms in total. The summed E-state index contributed by atoms with van der Waals surface area (Å²) in [5, 5.41) is 5.08. The maximum Gasteiger partial charge on any atom is 0.240 e. The van der Waals surface area contributed by atoms with Crippen molar-refractivity contribution in [2.45, 2.75) is 19.8 Å². The Morgan fingerprint density at radius 2 is 1.58 bits per heavy atom. The Balaban J connectivity index is 1.71. The van der Waals surface area contributed by atoms with Gasteiger partial charge in [0.05, 0.1) is 5.69 Å². The van der Waals surface area contributed by atoms with Gasteiger partial charge in [-0.1, -0.05) is 6.07 Å². The van der Waals surface area contributed by atoms with Gasteiger partial charge in [0.2, 0.25) is 11.8 Å². The molecule has 0 aliphatic heterocycles. The molecule has 1 fully saturated rings. The van der Waals surface area contributed by atoms with Crippen LogP contribution in [0.3, 0.4) is 0 Å². The third-order valence-electron chi connectivity index (χ3n) is 4.09. The molecule has 0 aromatic heterocycles. The second-order valence-electron chi connectivity index (χ2n) is 5.98. The molecule has 3 rings (SSSR count). The fourth-order valence-electron chi connectivity index (χ4n) is 2.43. The van der Waals surface area contributed by atoms with E-state index in [2.05, 4.69) is 10.6 Å². The second kappa shape index (κ2) is 6.03. The molecule has 6 heteroatoms. The predicted octanol–water partition coefficient (Wildman–Crippen LogP) is 3.63. The van der Waals surface area contributed by atoms with E-state index in [9.17, 15) is 18.4 Å². The number of rotatable bonds is 4. The van der Waals surface area contributed by atoms with Gasteiger partial charge in [0.1, 0.15) is 17.0 Å². The van der Waals surface area contributed by atoms with Crippen LogP contribution in [0, 0.1) is 24.0 Å². The van der Waals surface area contributed by atoms with E-state index in [1.165, 1.54) is 36.4 Å². The molecule has 1 saturated carbocycles. The number of hydrogen-bond acceptors (Lipinski definition) is 2. The van der Waals surface area contributed by atoms with E-state index in [-0.39, 0.29) is 5.69 Å². The Hall–Kier alpha value is -2.76. The van der Waals surface area contributed by atoms with Crippen molar-refractivity contribution in [2.75, 3.05) is 10.6 Å². The van der Waals surface area contributed by atoms with Crippen LogP contribution in [0.2, 0.25) is 0 Å². The standard InChI is InChI=1S/C18H16F2N2O2/c1-11-2-7-15(14(20)10-11)22-17(24)18(8-9-18)16(23)21-13-5-3-12(19)4-6-13/h2-7,10H,8-9H2,1H3,(H,21,23)(H,22,24). The minimum absolute atomic E-state index is 0.0476. The SMILES string of the molecule is Cc1ccc(NC(=O)C2(C(=O)Nc3ccc(F)cc3)CC2)c(F)c1. The molecule has 124 valence electrons. The normalized spacial score (nSPS) is 14.8. The summed E-state index contributed by atoms with van der Waals surface area (Å²) in [5.74, 6) is -1.97. The van der Waals surface area contributed by atoms with Crippen molar-refractivity contribution in [1.82, 2.24) is 0 Å². The van der Waals surface area contributed by atoms with Crippen molar-refractivity contribution in [2.24, 2.45) is 5.41 Å². The molecule has 0 radical (unpaired) electrons. The molecule has 0 unspecified atom stereocenters. The average Bonchev–Trinajstić information content (AvgIpc) is 3.34. The van der Waals surface area contributed by atoms with E-state index in [0.29, 0.717) is 18.5 Å². The quantitative estimate of drug-likeness (QED) is 0.841. The Morgan fingerprint density at radius 1 is 0.958 bits per heavy atom. The van der Waals surface area contributed by atoms with E-state index in [1.54, 1.807) is 13.0 Å². The molecule has 1 aliphatic carbocycles. The van der Waals surface area contributed by atoms with Gasteiger partial charge in [-0.15, -0.1) is 0 Å². The first-order valence-corrected chi connectivity index (χ1v) is 7.55. The summed E-state index contributed by atoms with van der Waals surface area (Å²) in [6, 6.07) is 9.73. The molecular formula is C18H16F2N2O2. The van der Waals surface area contributed by atoms with Gasteiger partial charge in [-0.2, -0.15) is 0 Å². The van der Waals surface area contributed by atoms with Crippen molar-refractivity contribution in [3.63, 3.8) is 0 Å². The number of aryl methyl sites for hydroxylation is 1. The first-order valence-electron chi connectivity index (χ1n) is 7.55. The van der Waals surface area contributed by atoms with E-state index in [0.717, 1.165) is 5.56 Å². The van der Waals surface area contributed by atoms with Crippen molar-refractivity contribution in [3.8, 4) is 0 Å². The van der Waals surface area contributed by atoms with Gasteiger partial charge in [0.25, 0.3) is 0 Å². The van der Waals surface area contributed by atoms with Crippen LogP contribution < -0.4 is 10.6 Å². The smallest absolute Gasteiger partial charge is 0.240 e.